The maximum Gasteiger partial charge on any atom is 0.198 e. The molecule has 0 radical (unpaired) electrons. The van der Waals surface area contributed by atoms with Crippen LogP contribution in [0.5, 0.6) is 0 Å². The third-order valence-electron chi connectivity index (χ3n) is 2.76. The van der Waals surface area contributed by atoms with Crippen molar-refractivity contribution in [2.75, 3.05) is 11.6 Å². The lowest BCUT2D eigenvalue weighted by Crippen LogP contribution is -2.11. The van der Waals surface area contributed by atoms with Gasteiger partial charge in [0.05, 0.1) is 11.4 Å². The monoisotopic (exact) mass is 301 g/mol. The minimum atomic E-state index is -3.47. The molecule has 0 unspecified atom stereocenters. The Balaban J connectivity index is 2.68. The minimum absolute atomic E-state index is 0.0404. The highest BCUT2D eigenvalue weighted by Gasteiger charge is 2.23. The normalized spacial score (nSPS) is 13.1. The Morgan fingerprint density at radius 3 is 2.63 bits per heavy atom. The summed E-state index contributed by atoms with van der Waals surface area (Å²) in [4.78, 5) is 3.99. The van der Waals surface area contributed by atoms with Crippen molar-refractivity contribution in [1.29, 1.82) is 0 Å². The number of hydrogen-bond donors (Lipinski definition) is 0. The summed E-state index contributed by atoms with van der Waals surface area (Å²) < 4.78 is 25.8. The predicted molar refractivity (Wildman–Crippen MR) is 74.5 cm³/mol. The van der Waals surface area contributed by atoms with Crippen LogP contribution in [0.3, 0.4) is 0 Å². The Kier molecular flexibility index (Phi) is 3.57. The van der Waals surface area contributed by atoms with Crippen molar-refractivity contribution in [2.24, 2.45) is 0 Å². The lowest BCUT2D eigenvalue weighted by Gasteiger charge is -2.13. The summed E-state index contributed by atoms with van der Waals surface area (Å²) in [5.41, 5.74) is 1.17. The predicted octanol–water partition coefficient (Wildman–Crippen LogP) is 2.04. The van der Waals surface area contributed by atoms with E-state index in [1.54, 1.807) is 16.8 Å². The molecule has 0 aliphatic heterocycles. The molecule has 0 N–H and O–H groups in total. The highest BCUT2D eigenvalue weighted by Crippen LogP contribution is 2.24. The number of rotatable bonds is 3. The lowest BCUT2D eigenvalue weighted by molar-refractivity contribution is 0.562. The largest absolute Gasteiger partial charge is 0.241 e. The Morgan fingerprint density at radius 1 is 1.37 bits per heavy atom. The van der Waals surface area contributed by atoms with Gasteiger partial charge in [-0.25, -0.2) is 17.9 Å². The van der Waals surface area contributed by atoms with Crippen molar-refractivity contribution < 1.29 is 8.42 Å². The Morgan fingerprint density at radius 2 is 2.05 bits per heavy atom. The zero-order valence-corrected chi connectivity index (χ0v) is 12.7. The number of alkyl halides is 1. The maximum atomic E-state index is 12.1. The van der Waals surface area contributed by atoms with Crippen LogP contribution in [-0.4, -0.2) is 34.6 Å². The molecule has 0 bridgehead atoms. The summed E-state index contributed by atoms with van der Waals surface area (Å²) in [5, 5.41) is 4.44. The van der Waals surface area contributed by atoms with E-state index in [-0.39, 0.29) is 22.1 Å². The molecule has 2 heterocycles. The van der Waals surface area contributed by atoms with E-state index >= 15 is 0 Å². The fraction of sp³-hybridized carbons (Fsp3) is 0.500. The van der Waals surface area contributed by atoms with Crippen LogP contribution in [0.1, 0.15) is 26.5 Å². The van der Waals surface area contributed by atoms with Gasteiger partial charge in [0.2, 0.25) is 0 Å². The van der Waals surface area contributed by atoms with Gasteiger partial charge in [0.1, 0.15) is 5.52 Å². The van der Waals surface area contributed by atoms with Gasteiger partial charge in [0.15, 0.2) is 14.9 Å². The number of fused-ring (bicyclic) bond motifs is 1. The first kappa shape index (κ1) is 14.3. The van der Waals surface area contributed by atoms with Crippen molar-refractivity contribution in [1.82, 2.24) is 14.6 Å². The molecule has 0 aliphatic rings. The number of sulfone groups is 1. The smallest absolute Gasteiger partial charge is 0.198 e. The van der Waals surface area contributed by atoms with E-state index in [1.807, 2.05) is 20.8 Å². The molecule has 0 saturated carbocycles. The first-order valence-corrected chi connectivity index (χ1v) is 8.08. The average molecular weight is 302 g/mol. The minimum Gasteiger partial charge on any atom is -0.241 e. The molecule has 2 aromatic heterocycles. The Hall–Kier alpha value is -1.14. The summed E-state index contributed by atoms with van der Waals surface area (Å²) in [6.07, 6.45) is 3.08. The van der Waals surface area contributed by atoms with Crippen molar-refractivity contribution in [3.05, 3.63) is 24.2 Å². The first-order chi connectivity index (χ1) is 8.75. The van der Waals surface area contributed by atoms with Crippen LogP contribution >= 0.6 is 11.6 Å². The van der Waals surface area contributed by atoms with E-state index < -0.39 is 9.84 Å². The molecule has 2 aromatic rings. The molecular formula is C12H16ClN3O2S. The highest BCUT2D eigenvalue weighted by molar-refractivity contribution is 7.91. The van der Waals surface area contributed by atoms with Crippen LogP contribution < -0.4 is 0 Å². The standard InChI is InChI=1S/C12H16ClN3O2S/c1-12(2,3)10-8-9-11(19(17,18)7-4-13)14-5-6-16(9)15-10/h5-6,8H,4,7H2,1-3H3. The molecule has 2 rings (SSSR count). The van der Waals surface area contributed by atoms with E-state index in [2.05, 4.69) is 10.1 Å². The summed E-state index contributed by atoms with van der Waals surface area (Å²) >= 11 is 5.54. The quantitative estimate of drug-likeness (QED) is 0.814. The SMILES string of the molecule is CC(C)(C)c1cc2c(S(=O)(=O)CCCl)nccn2n1. The van der Waals surface area contributed by atoms with Crippen LogP contribution in [-0.2, 0) is 15.3 Å². The van der Waals surface area contributed by atoms with Gasteiger partial charge < -0.3 is 0 Å². The molecule has 5 nitrogen and oxygen atoms in total. The Labute approximate surface area is 117 Å². The van der Waals surface area contributed by atoms with Gasteiger partial charge in [0.25, 0.3) is 0 Å². The highest BCUT2D eigenvalue weighted by atomic mass is 35.5. The Bertz CT molecular complexity index is 701. The summed E-state index contributed by atoms with van der Waals surface area (Å²) in [7, 11) is -3.47. The van der Waals surface area contributed by atoms with Crippen LogP contribution in [0, 0.1) is 0 Å². The third-order valence-corrected chi connectivity index (χ3v) is 4.82. The van der Waals surface area contributed by atoms with Crippen molar-refractivity contribution in [2.45, 2.75) is 31.2 Å². The molecule has 0 saturated heterocycles. The molecule has 104 valence electrons. The van der Waals surface area contributed by atoms with Gasteiger partial charge in [0, 0.05) is 23.7 Å². The molecular weight excluding hydrogens is 286 g/mol. The maximum absolute atomic E-state index is 12.1. The van der Waals surface area contributed by atoms with Gasteiger partial charge in [-0.2, -0.15) is 5.10 Å². The molecule has 0 aromatic carbocycles. The van der Waals surface area contributed by atoms with E-state index in [0.29, 0.717) is 5.52 Å². The number of nitrogens with zero attached hydrogens (tertiary/aromatic N) is 3. The molecule has 0 spiro atoms. The number of halogens is 1. The van der Waals surface area contributed by atoms with E-state index in [1.165, 1.54) is 6.20 Å². The second kappa shape index (κ2) is 4.76. The molecule has 19 heavy (non-hydrogen) atoms. The summed E-state index contributed by atoms with van der Waals surface area (Å²) in [6.45, 7) is 6.07. The van der Waals surface area contributed by atoms with Crippen LogP contribution in [0.15, 0.2) is 23.5 Å². The van der Waals surface area contributed by atoms with Gasteiger partial charge in [-0.15, -0.1) is 11.6 Å². The van der Waals surface area contributed by atoms with Crippen LogP contribution in [0.2, 0.25) is 0 Å². The lowest BCUT2D eigenvalue weighted by atomic mass is 9.92. The topological polar surface area (TPSA) is 64.3 Å². The van der Waals surface area contributed by atoms with Crippen LogP contribution in [0.4, 0.5) is 0 Å². The number of aromatic nitrogens is 3. The summed E-state index contributed by atoms with van der Waals surface area (Å²) in [5.74, 6) is -0.0808. The van der Waals surface area contributed by atoms with Crippen LogP contribution in [0.25, 0.3) is 5.52 Å². The zero-order chi connectivity index (χ0) is 14.3. The molecule has 0 amide bonds. The number of hydrogen-bond acceptors (Lipinski definition) is 4. The van der Waals surface area contributed by atoms with Gasteiger partial charge in [-0.3, -0.25) is 0 Å². The fourth-order valence-corrected chi connectivity index (χ4v) is 3.40. The molecule has 0 atom stereocenters. The first-order valence-electron chi connectivity index (χ1n) is 5.89. The summed E-state index contributed by atoms with van der Waals surface area (Å²) in [6, 6.07) is 1.77. The van der Waals surface area contributed by atoms with E-state index in [4.69, 9.17) is 11.6 Å². The zero-order valence-electron chi connectivity index (χ0n) is 11.1. The third kappa shape index (κ3) is 2.74. The molecule has 7 heteroatoms. The second-order valence-corrected chi connectivity index (χ2v) is 7.75. The van der Waals surface area contributed by atoms with Crippen molar-refractivity contribution in [3.8, 4) is 0 Å². The van der Waals surface area contributed by atoms with Crippen molar-refractivity contribution >= 4 is 27.0 Å². The second-order valence-electron chi connectivity index (χ2n) is 5.35. The van der Waals surface area contributed by atoms with E-state index in [0.717, 1.165) is 5.69 Å². The van der Waals surface area contributed by atoms with Gasteiger partial charge in [-0.1, -0.05) is 20.8 Å². The van der Waals surface area contributed by atoms with Gasteiger partial charge in [-0.05, 0) is 6.07 Å². The van der Waals surface area contributed by atoms with Crippen molar-refractivity contribution in [3.63, 3.8) is 0 Å². The fourth-order valence-electron chi connectivity index (χ4n) is 1.70. The van der Waals surface area contributed by atoms with E-state index in [9.17, 15) is 8.42 Å². The molecule has 0 aliphatic carbocycles. The molecule has 0 fully saturated rings. The van der Waals surface area contributed by atoms with Gasteiger partial charge >= 0.3 is 0 Å². The average Bonchev–Trinajstić information content (AvgIpc) is 2.71.